The van der Waals surface area contributed by atoms with Crippen molar-refractivity contribution in [1.29, 1.82) is 0 Å². The summed E-state index contributed by atoms with van der Waals surface area (Å²) in [5, 5.41) is 18.6. The van der Waals surface area contributed by atoms with Crippen LogP contribution in [0.5, 0.6) is 0 Å². The van der Waals surface area contributed by atoms with Crippen molar-refractivity contribution < 1.29 is 9.90 Å². The summed E-state index contributed by atoms with van der Waals surface area (Å²) in [4.78, 5) is 11.8. The van der Waals surface area contributed by atoms with Crippen molar-refractivity contribution in [2.45, 2.75) is 25.8 Å². The van der Waals surface area contributed by atoms with Crippen LogP contribution in [0.3, 0.4) is 0 Å². The number of aromatic amines is 1. The Kier molecular flexibility index (Phi) is 3.58. The number of amides is 1. The minimum absolute atomic E-state index is 0.00132. The molecule has 1 aliphatic rings. The Morgan fingerprint density at radius 1 is 1.65 bits per heavy atom. The molecule has 5 nitrogen and oxygen atoms in total. The first kappa shape index (κ1) is 11.9. The van der Waals surface area contributed by atoms with E-state index < -0.39 is 0 Å². The number of carbonyl (C=O) groups excluding carboxylic acids is 1. The lowest BCUT2D eigenvalue weighted by molar-refractivity contribution is 0.0936. The van der Waals surface area contributed by atoms with Gasteiger partial charge in [-0.05, 0) is 18.9 Å². The van der Waals surface area contributed by atoms with Gasteiger partial charge in [0.15, 0.2) is 0 Å². The smallest absolute Gasteiger partial charge is 0.272 e. The molecule has 0 unspecified atom stereocenters. The monoisotopic (exact) mass is 235 g/mol. The van der Waals surface area contributed by atoms with Crippen molar-refractivity contribution in [3.63, 3.8) is 0 Å². The van der Waals surface area contributed by atoms with E-state index in [4.69, 9.17) is 5.11 Å². The minimum atomic E-state index is -0.172. The number of aliphatic hydroxyl groups is 1. The highest BCUT2D eigenvalue weighted by atomic mass is 16.3. The van der Waals surface area contributed by atoms with E-state index in [0.717, 1.165) is 18.5 Å². The van der Waals surface area contributed by atoms with E-state index in [1.165, 1.54) is 0 Å². The maximum absolute atomic E-state index is 11.8. The molecule has 0 saturated heterocycles. The third-order valence-corrected chi connectivity index (χ3v) is 2.97. The maximum Gasteiger partial charge on any atom is 0.272 e. The number of H-pyrrole nitrogens is 1. The predicted octanol–water partition coefficient (Wildman–Crippen LogP) is 0.639. The highest BCUT2D eigenvalue weighted by molar-refractivity contribution is 5.92. The molecule has 3 N–H and O–H groups in total. The zero-order valence-electron chi connectivity index (χ0n) is 9.81. The Morgan fingerprint density at radius 3 is 3.06 bits per heavy atom. The molecule has 0 saturated carbocycles. The van der Waals surface area contributed by atoms with Crippen molar-refractivity contribution in [3.05, 3.63) is 29.6 Å². The summed E-state index contributed by atoms with van der Waals surface area (Å²) in [7, 11) is 0. The first-order chi connectivity index (χ1) is 8.22. The molecule has 5 heteroatoms. The molecule has 0 radical (unpaired) electrons. The van der Waals surface area contributed by atoms with Crippen LogP contribution >= 0.6 is 0 Å². The molecule has 2 rings (SSSR count). The highest BCUT2D eigenvalue weighted by Gasteiger charge is 2.21. The highest BCUT2D eigenvalue weighted by Crippen LogP contribution is 2.17. The summed E-state index contributed by atoms with van der Waals surface area (Å²) in [6, 6.07) is 1.76. The molecular weight excluding hydrogens is 218 g/mol. The number of carbonyl (C=O) groups is 1. The molecule has 0 aromatic carbocycles. The molecule has 0 spiro atoms. The van der Waals surface area contributed by atoms with Crippen molar-refractivity contribution in [2.24, 2.45) is 5.92 Å². The van der Waals surface area contributed by atoms with Gasteiger partial charge in [-0.25, -0.2) is 0 Å². The third kappa shape index (κ3) is 2.74. The number of aryl methyl sites for hydroxylation is 1. The van der Waals surface area contributed by atoms with Gasteiger partial charge < -0.3 is 10.4 Å². The molecule has 1 aromatic heterocycles. The Bertz CT molecular complexity index is 425. The molecule has 0 fully saturated rings. The normalized spacial score (nSPS) is 22.9. The summed E-state index contributed by atoms with van der Waals surface area (Å²) in [5.41, 5.74) is 1.37. The Balaban J connectivity index is 1.91. The lowest BCUT2D eigenvalue weighted by Gasteiger charge is -2.11. The Labute approximate surface area is 99.9 Å². The van der Waals surface area contributed by atoms with Crippen LogP contribution < -0.4 is 5.32 Å². The van der Waals surface area contributed by atoms with Crippen LogP contribution in [-0.2, 0) is 6.42 Å². The molecule has 0 bridgehead atoms. The van der Waals surface area contributed by atoms with Gasteiger partial charge in [-0.15, -0.1) is 0 Å². The first-order valence-corrected chi connectivity index (χ1v) is 5.87. The predicted molar refractivity (Wildman–Crippen MR) is 63.6 cm³/mol. The molecule has 1 aliphatic carbocycles. The van der Waals surface area contributed by atoms with Crippen LogP contribution in [0, 0.1) is 5.92 Å². The Morgan fingerprint density at radius 2 is 2.47 bits per heavy atom. The summed E-state index contributed by atoms with van der Waals surface area (Å²) in [5.74, 6) is -0.0140. The second-order valence-corrected chi connectivity index (χ2v) is 4.28. The number of nitrogens with one attached hydrogen (secondary N) is 2. The van der Waals surface area contributed by atoms with Gasteiger partial charge >= 0.3 is 0 Å². The number of nitrogens with zero attached hydrogens (tertiary/aromatic N) is 1. The van der Waals surface area contributed by atoms with E-state index in [1.807, 2.05) is 19.1 Å². The van der Waals surface area contributed by atoms with Crippen LogP contribution in [0.4, 0.5) is 0 Å². The molecule has 1 heterocycles. The number of aromatic nitrogens is 2. The summed E-state index contributed by atoms with van der Waals surface area (Å²) in [6.45, 7) is 2.13. The van der Waals surface area contributed by atoms with E-state index >= 15 is 0 Å². The van der Waals surface area contributed by atoms with Gasteiger partial charge in [0.1, 0.15) is 5.69 Å². The number of hydrogen-bond donors (Lipinski definition) is 3. The average Bonchev–Trinajstić information content (AvgIpc) is 2.96. The van der Waals surface area contributed by atoms with E-state index in [9.17, 15) is 4.79 Å². The molecule has 17 heavy (non-hydrogen) atoms. The van der Waals surface area contributed by atoms with Crippen LogP contribution in [0.25, 0.3) is 0 Å². The van der Waals surface area contributed by atoms with E-state index in [0.29, 0.717) is 5.69 Å². The van der Waals surface area contributed by atoms with Gasteiger partial charge in [-0.2, -0.15) is 5.10 Å². The van der Waals surface area contributed by atoms with Gasteiger partial charge in [0.2, 0.25) is 0 Å². The molecule has 2 atom stereocenters. The van der Waals surface area contributed by atoms with Crippen molar-refractivity contribution in [3.8, 4) is 0 Å². The van der Waals surface area contributed by atoms with Crippen LogP contribution in [0.15, 0.2) is 18.2 Å². The van der Waals surface area contributed by atoms with Gasteiger partial charge in [-0.3, -0.25) is 9.89 Å². The quantitative estimate of drug-likeness (QED) is 0.670. The standard InChI is InChI=1S/C12H17N3O2/c1-2-9-6-11(15-14-9)12(17)13-10-4-3-8(5-10)7-16/h3-4,6,8,10,16H,2,5,7H2,1H3,(H,13,17)(H,14,15)/t8-,10+/m0/s1. The molecule has 1 amide bonds. The summed E-state index contributed by atoms with van der Waals surface area (Å²) < 4.78 is 0. The van der Waals surface area contributed by atoms with Crippen LogP contribution in [-0.4, -0.2) is 33.9 Å². The zero-order chi connectivity index (χ0) is 12.3. The van der Waals surface area contributed by atoms with Crippen molar-refractivity contribution in [2.75, 3.05) is 6.61 Å². The number of hydrogen-bond acceptors (Lipinski definition) is 3. The second kappa shape index (κ2) is 5.14. The molecule has 92 valence electrons. The van der Waals surface area contributed by atoms with Crippen LogP contribution in [0.1, 0.15) is 29.5 Å². The topological polar surface area (TPSA) is 78.0 Å². The largest absolute Gasteiger partial charge is 0.396 e. The van der Waals surface area contributed by atoms with E-state index in [1.54, 1.807) is 6.07 Å². The van der Waals surface area contributed by atoms with Crippen molar-refractivity contribution in [1.82, 2.24) is 15.5 Å². The van der Waals surface area contributed by atoms with Crippen LogP contribution in [0.2, 0.25) is 0 Å². The maximum atomic E-state index is 11.8. The number of rotatable bonds is 4. The minimum Gasteiger partial charge on any atom is -0.396 e. The lowest BCUT2D eigenvalue weighted by Crippen LogP contribution is -2.33. The van der Waals surface area contributed by atoms with E-state index in [2.05, 4.69) is 15.5 Å². The molecular formula is C12H17N3O2. The van der Waals surface area contributed by atoms with E-state index in [-0.39, 0.29) is 24.5 Å². The summed E-state index contributed by atoms with van der Waals surface area (Å²) in [6.07, 6.45) is 5.45. The molecule has 1 aromatic rings. The number of aliphatic hydroxyl groups excluding tert-OH is 1. The Hall–Kier alpha value is -1.62. The lowest BCUT2D eigenvalue weighted by atomic mass is 10.1. The second-order valence-electron chi connectivity index (χ2n) is 4.28. The van der Waals surface area contributed by atoms with Gasteiger partial charge in [0.05, 0.1) is 0 Å². The average molecular weight is 235 g/mol. The van der Waals surface area contributed by atoms with Crippen molar-refractivity contribution >= 4 is 5.91 Å². The molecule has 0 aliphatic heterocycles. The zero-order valence-corrected chi connectivity index (χ0v) is 9.81. The van der Waals surface area contributed by atoms with Gasteiger partial charge in [0.25, 0.3) is 5.91 Å². The fourth-order valence-electron chi connectivity index (χ4n) is 1.92. The third-order valence-electron chi connectivity index (χ3n) is 2.97. The van der Waals surface area contributed by atoms with Gasteiger partial charge in [0, 0.05) is 24.3 Å². The SMILES string of the molecule is CCc1cc(C(=O)N[C@@H]2C=C[C@H](CO)C2)n[nH]1. The summed E-state index contributed by atoms with van der Waals surface area (Å²) >= 11 is 0. The van der Waals surface area contributed by atoms with Gasteiger partial charge in [-0.1, -0.05) is 19.1 Å². The first-order valence-electron chi connectivity index (χ1n) is 5.87. The fraction of sp³-hybridized carbons (Fsp3) is 0.500. The fourth-order valence-corrected chi connectivity index (χ4v) is 1.92.